The molecule has 1 aliphatic heterocycles. The van der Waals surface area contributed by atoms with E-state index in [1.807, 2.05) is 48.5 Å². The second-order valence-electron chi connectivity index (χ2n) is 6.33. The van der Waals surface area contributed by atoms with E-state index >= 15 is 0 Å². The number of carbonyl (C=O) groups excluding carboxylic acids is 1. The maximum atomic E-state index is 13.4. The Balaban J connectivity index is 1.85. The third-order valence-electron chi connectivity index (χ3n) is 4.46. The lowest BCUT2D eigenvalue weighted by atomic mass is 10.1. The molecule has 6 heteroatoms. The molecule has 1 heterocycles. The van der Waals surface area contributed by atoms with Gasteiger partial charge in [-0.3, -0.25) is 9.69 Å². The molecular weight excluding hydrogens is 435 g/mol. The number of methoxy groups -OCH3 is 1. The monoisotopic (exact) mass is 450 g/mol. The highest BCUT2D eigenvalue weighted by atomic mass is 79.9. The van der Waals surface area contributed by atoms with Crippen molar-refractivity contribution in [2.24, 2.45) is 4.99 Å². The summed E-state index contributed by atoms with van der Waals surface area (Å²) in [6, 6.07) is 20.7. The van der Waals surface area contributed by atoms with Gasteiger partial charge < -0.3 is 4.74 Å². The highest BCUT2D eigenvalue weighted by Gasteiger charge is 2.32. The van der Waals surface area contributed by atoms with Crippen LogP contribution < -0.4 is 9.64 Å². The first-order chi connectivity index (χ1) is 14.1. The van der Waals surface area contributed by atoms with Crippen molar-refractivity contribution >= 4 is 39.4 Å². The average Bonchev–Trinajstić information content (AvgIpc) is 3.05. The maximum Gasteiger partial charge on any atom is 0.282 e. The Bertz CT molecular complexity index is 1140. The predicted molar refractivity (Wildman–Crippen MR) is 116 cm³/mol. The molecule has 0 bridgehead atoms. The van der Waals surface area contributed by atoms with E-state index in [4.69, 9.17) is 4.74 Å². The van der Waals surface area contributed by atoms with E-state index < -0.39 is 0 Å². The van der Waals surface area contributed by atoms with Gasteiger partial charge in [0.15, 0.2) is 0 Å². The minimum absolute atomic E-state index is 0.270. The number of nitrogens with zero attached hydrogens (tertiary/aromatic N) is 2. The summed E-state index contributed by atoms with van der Waals surface area (Å²) in [6.45, 7) is 0. The topological polar surface area (TPSA) is 41.9 Å². The van der Waals surface area contributed by atoms with Crippen LogP contribution in [0, 0.1) is 5.82 Å². The Morgan fingerprint density at radius 2 is 1.79 bits per heavy atom. The predicted octanol–water partition coefficient (Wildman–Crippen LogP) is 5.43. The van der Waals surface area contributed by atoms with Gasteiger partial charge in [0.2, 0.25) is 0 Å². The number of aliphatic imine (C=N–C) groups is 1. The van der Waals surface area contributed by atoms with Crippen LogP contribution >= 0.6 is 15.9 Å². The van der Waals surface area contributed by atoms with Crippen LogP contribution in [0.1, 0.15) is 11.1 Å². The van der Waals surface area contributed by atoms with Gasteiger partial charge >= 0.3 is 0 Å². The fraction of sp³-hybridized carbons (Fsp3) is 0.0435. The van der Waals surface area contributed by atoms with Crippen LogP contribution in [-0.4, -0.2) is 18.9 Å². The lowest BCUT2D eigenvalue weighted by Gasteiger charge is -2.18. The van der Waals surface area contributed by atoms with E-state index in [2.05, 4.69) is 20.9 Å². The molecule has 1 amide bonds. The van der Waals surface area contributed by atoms with E-state index in [0.29, 0.717) is 22.8 Å². The van der Waals surface area contributed by atoms with Gasteiger partial charge in [-0.2, -0.15) is 0 Å². The number of anilines is 1. The number of rotatable bonds is 4. The third kappa shape index (κ3) is 3.84. The summed E-state index contributed by atoms with van der Waals surface area (Å²) in [5.41, 5.74) is 2.32. The Hall–Kier alpha value is -3.25. The van der Waals surface area contributed by atoms with Crippen molar-refractivity contribution in [3.63, 3.8) is 0 Å². The van der Waals surface area contributed by atoms with Gasteiger partial charge in [0, 0.05) is 15.6 Å². The van der Waals surface area contributed by atoms with E-state index in [1.54, 1.807) is 25.3 Å². The number of para-hydroxylation sites is 1. The summed E-state index contributed by atoms with van der Waals surface area (Å²) in [4.78, 5) is 19.4. The van der Waals surface area contributed by atoms with Crippen molar-refractivity contribution in [3.05, 3.63) is 99.9 Å². The lowest BCUT2D eigenvalue weighted by Crippen LogP contribution is -2.32. The molecule has 0 N–H and O–H groups in total. The van der Waals surface area contributed by atoms with Crippen molar-refractivity contribution in [2.75, 3.05) is 12.0 Å². The molecule has 29 heavy (non-hydrogen) atoms. The highest BCUT2D eigenvalue weighted by Crippen LogP contribution is 2.31. The molecule has 0 unspecified atom stereocenters. The smallest absolute Gasteiger partial charge is 0.282 e. The van der Waals surface area contributed by atoms with Crippen LogP contribution in [-0.2, 0) is 4.79 Å². The molecule has 3 aromatic carbocycles. The van der Waals surface area contributed by atoms with Gasteiger partial charge in [-0.05, 0) is 54.6 Å². The zero-order valence-electron chi connectivity index (χ0n) is 15.5. The molecule has 1 aliphatic rings. The van der Waals surface area contributed by atoms with Crippen LogP contribution in [0.5, 0.6) is 5.75 Å². The largest absolute Gasteiger partial charge is 0.496 e. The standard InChI is InChI=1S/C23H16BrFN2O2/c1-29-21-8-3-2-5-16(21)13-20-23(28)27(19-7-4-6-17(24)14-19)22(26-20)15-9-11-18(25)12-10-15/h2-14H,1H3/b20-13+. The van der Waals surface area contributed by atoms with E-state index in [1.165, 1.54) is 17.0 Å². The summed E-state index contributed by atoms with van der Waals surface area (Å²) in [5, 5.41) is 0. The maximum absolute atomic E-state index is 13.4. The van der Waals surface area contributed by atoms with Gasteiger partial charge in [0.05, 0.1) is 12.8 Å². The molecule has 4 nitrogen and oxygen atoms in total. The number of carbonyl (C=O) groups is 1. The molecule has 0 aromatic heterocycles. The van der Waals surface area contributed by atoms with Crippen molar-refractivity contribution in [3.8, 4) is 5.75 Å². The first kappa shape index (κ1) is 19.1. The van der Waals surface area contributed by atoms with Crippen LogP contribution in [0.4, 0.5) is 10.1 Å². The molecule has 0 atom stereocenters. The molecule has 3 aromatic rings. The van der Waals surface area contributed by atoms with Crippen LogP contribution in [0.25, 0.3) is 6.08 Å². The normalized spacial score (nSPS) is 15.0. The van der Waals surface area contributed by atoms with Crippen molar-refractivity contribution in [1.82, 2.24) is 0 Å². The second kappa shape index (κ2) is 8.01. The molecule has 0 spiro atoms. The van der Waals surface area contributed by atoms with Crippen molar-refractivity contribution in [1.29, 1.82) is 0 Å². The van der Waals surface area contributed by atoms with E-state index in [9.17, 15) is 9.18 Å². The van der Waals surface area contributed by atoms with Gasteiger partial charge in [0.1, 0.15) is 23.1 Å². The van der Waals surface area contributed by atoms with Crippen LogP contribution in [0.2, 0.25) is 0 Å². The van der Waals surface area contributed by atoms with Crippen LogP contribution in [0.15, 0.2) is 88.0 Å². The average molecular weight is 451 g/mol. The fourth-order valence-electron chi connectivity index (χ4n) is 3.10. The minimum atomic E-state index is -0.350. The first-order valence-corrected chi connectivity index (χ1v) is 9.65. The summed E-state index contributed by atoms with van der Waals surface area (Å²) in [5.74, 6) is 0.465. The number of hydrogen-bond donors (Lipinski definition) is 0. The number of hydrogen-bond acceptors (Lipinski definition) is 3. The molecule has 0 radical (unpaired) electrons. The molecule has 0 fully saturated rings. The molecular formula is C23H16BrFN2O2. The summed E-state index contributed by atoms with van der Waals surface area (Å²) < 4.78 is 19.6. The first-order valence-electron chi connectivity index (χ1n) is 8.86. The highest BCUT2D eigenvalue weighted by molar-refractivity contribution is 9.10. The number of amidine groups is 1. The molecule has 144 valence electrons. The Labute approximate surface area is 176 Å². The van der Waals surface area contributed by atoms with Gasteiger partial charge in [0.25, 0.3) is 5.91 Å². The number of halogens is 2. The van der Waals surface area contributed by atoms with Crippen LogP contribution in [0.3, 0.4) is 0 Å². The quantitative estimate of drug-likeness (QED) is 0.497. The SMILES string of the molecule is COc1ccccc1/C=C1/N=C(c2ccc(F)cc2)N(c2cccc(Br)c2)C1=O. The van der Waals surface area contributed by atoms with Crippen molar-refractivity contribution < 1.29 is 13.9 Å². The molecule has 0 saturated heterocycles. The Morgan fingerprint density at radius 1 is 1.03 bits per heavy atom. The Morgan fingerprint density at radius 3 is 2.52 bits per heavy atom. The molecule has 0 aliphatic carbocycles. The van der Waals surface area contributed by atoms with Crippen molar-refractivity contribution in [2.45, 2.75) is 0 Å². The fourth-order valence-corrected chi connectivity index (χ4v) is 3.48. The summed E-state index contributed by atoms with van der Waals surface area (Å²) >= 11 is 3.44. The second-order valence-corrected chi connectivity index (χ2v) is 7.25. The molecule has 4 rings (SSSR count). The van der Waals surface area contributed by atoms with E-state index in [-0.39, 0.29) is 17.4 Å². The summed E-state index contributed by atoms with van der Waals surface area (Å²) in [7, 11) is 1.58. The van der Waals surface area contributed by atoms with E-state index in [0.717, 1.165) is 10.0 Å². The number of benzene rings is 3. The van der Waals surface area contributed by atoms with Gasteiger partial charge in [-0.25, -0.2) is 9.38 Å². The summed E-state index contributed by atoms with van der Waals surface area (Å²) in [6.07, 6.45) is 1.70. The number of ether oxygens (including phenoxy) is 1. The lowest BCUT2D eigenvalue weighted by molar-refractivity contribution is -0.113. The zero-order chi connectivity index (χ0) is 20.4. The number of amides is 1. The van der Waals surface area contributed by atoms with Gasteiger partial charge in [-0.15, -0.1) is 0 Å². The minimum Gasteiger partial charge on any atom is -0.496 e. The van der Waals surface area contributed by atoms with Gasteiger partial charge in [-0.1, -0.05) is 40.2 Å². The third-order valence-corrected chi connectivity index (χ3v) is 4.95. The Kier molecular flexibility index (Phi) is 5.27. The zero-order valence-corrected chi connectivity index (χ0v) is 17.1. The molecule has 0 saturated carbocycles.